The predicted octanol–water partition coefficient (Wildman–Crippen LogP) is 5.93. The van der Waals surface area contributed by atoms with Gasteiger partial charge in [-0.1, -0.05) is 53.0 Å². The van der Waals surface area contributed by atoms with Crippen molar-refractivity contribution in [3.63, 3.8) is 0 Å². The summed E-state index contributed by atoms with van der Waals surface area (Å²) in [7, 11) is 0. The number of nitro groups is 1. The highest BCUT2D eigenvalue weighted by atomic mass is 79.9. The van der Waals surface area contributed by atoms with Crippen molar-refractivity contribution < 1.29 is 9.66 Å². The molecule has 22 heavy (non-hydrogen) atoms. The molecule has 0 aliphatic carbocycles. The minimum atomic E-state index is -0.440. The van der Waals surface area contributed by atoms with Gasteiger partial charge in [-0.05, 0) is 36.2 Å². The molecule has 1 atom stereocenters. The van der Waals surface area contributed by atoms with Crippen LogP contribution in [0.4, 0.5) is 5.69 Å². The lowest BCUT2D eigenvalue weighted by molar-refractivity contribution is -0.386. The van der Waals surface area contributed by atoms with E-state index in [1.807, 2.05) is 19.1 Å². The van der Waals surface area contributed by atoms with Gasteiger partial charge in [0, 0.05) is 15.6 Å². The molecule has 0 aliphatic rings. The summed E-state index contributed by atoms with van der Waals surface area (Å²) in [6, 6.07) is 12.1. The molecule has 2 aromatic rings. The lowest BCUT2D eigenvalue weighted by atomic mass is 10.1. The summed E-state index contributed by atoms with van der Waals surface area (Å²) in [5, 5.41) is 11.8. The highest BCUT2D eigenvalue weighted by molar-refractivity contribution is 9.10. The molecule has 0 heterocycles. The van der Waals surface area contributed by atoms with Crippen LogP contribution in [0.25, 0.3) is 0 Å². The van der Waals surface area contributed by atoms with E-state index in [-0.39, 0.29) is 17.5 Å². The van der Waals surface area contributed by atoms with Gasteiger partial charge < -0.3 is 4.74 Å². The number of hydrogen-bond donors (Lipinski definition) is 0. The average molecular weight is 385 g/mol. The molecule has 0 bridgehead atoms. The number of benzene rings is 2. The smallest absolute Gasteiger partial charge is 0.312 e. The van der Waals surface area contributed by atoms with Crippen LogP contribution in [-0.2, 0) is 0 Å². The molecule has 2 aromatic carbocycles. The standard InChI is InChI=1S/C16H15BrClNO3/c1-2-3-15(11-4-7-13(18)8-5-11)22-16-9-6-12(17)10-14(16)19(20)21/h4-10,15H,2-3H2,1H3. The molecule has 0 amide bonds. The summed E-state index contributed by atoms with van der Waals surface area (Å²) in [4.78, 5) is 10.7. The Hall–Kier alpha value is -1.59. The van der Waals surface area contributed by atoms with Gasteiger partial charge in [-0.15, -0.1) is 0 Å². The fourth-order valence-corrected chi connectivity index (χ4v) is 2.59. The highest BCUT2D eigenvalue weighted by Gasteiger charge is 2.20. The molecule has 4 nitrogen and oxygen atoms in total. The average Bonchev–Trinajstić information content (AvgIpc) is 2.49. The maximum absolute atomic E-state index is 11.2. The number of halogens is 2. The Bertz CT molecular complexity index is 661. The predicted molar refractivity (Wildman–Crippen MR) is 90.5 cm³/mol. The van der Waals surface area contributed by atoms with Gasteiger partial charge in [-0.25, -0.2) is 0 Å². The zero-order valence-corrected chi connectivity index (χ0v) is 14.3. The summed E-state index contributed by atoms with van der Waals surface area (Å²) >= 11 is 9.14. The van der Waals surface area contributed by atoms with Gasteiger partial charge in [0.2, 0.25) is 0 Å². The first-order valence-corrected chi connectivity index (χ1v) is 8.04. The summed E-state index contributed by atoms with van der Waals surface area (Å²) in [6.45, 7) is 2.04. The van der Waals surface area contributed by atoms with Crippen LogP contribution in [0.3, 0.4) is 0 Å². The minimum Gasteiger partial charge on any atom is -0.479 e. The molecule has 0 aromatic heterocycles. The van der Waals surface area contributed by atoms with Crippen molar-refractivity contribution >= 4 is 33.2 Å². The van der Waals surface area contributed by atoms with Crippen LogP contribution in [0.15, 0.2) is 46.9 Å². The Morgan fingerprint density at radius 1 is 1.27 bits per heavy atom. The van der Waals surface area contributed by atoms with Crippen LogP contribution in [0.5, 0.6) is 5.75 Å². The Morgan fingerprint density at radius 3 is 2.55 bits per heavy atom. The van der Waals surface area contributed by atoms with E-state index < -0.39 is 4.92 Å². The number of hydrogen-bond acceptors (Lipinski definition) is 3. The normalized spacial score (nSPS) is 12.0. The van der Waals surface area contributed by atoms with Crippen LogP contribution < -0.4 is 4.74 Å². The van der Waals surface area contributed by atoms with Crippen molar-refractivity contribution in [1.82, 2.24) is 0 Å². The molecule has 0 radical (unpaired) electrons. The van der Waals surface area contributed by atoms with Gasteiger partial charge in [0.15, 0.2) is 5.75 Å². The number of nitrogens with zero attached hydrogens (tertiary/aromatic N) is 1. The van der Waals surface area contributed by atoms with Crippen molar-refractivity contribution in [3.05, 3.63) is 67.6 Å². The maximum Gasteiger partial charge on any atom is 0.312 e. The third-order valence-corrected chi connectivity index (χ3v) is 3.92. The SMILES string of the molecule is CCCC(Oc1ccc(Br)cc1[N+](=O)[O-])c1ccc(Cl)cc1. The Kier molecular flexibility index (Phi) is 5.80. The Balaban J connectivity index is 2.32. The first-order chi connectivity index (χ1) is 10.5. The monoisotopic (exact) mass is 383 g/mol. The molecular formula is C16H15BrClNO3. The van der Waals surface area contributed by atoms with Gasteiger partial charge in [-0.2, -0.15) is 0 Å². The number of rotatable bonds is 6. The summed E-state index contributed by atoms with van der Waals surface area (Å²) < 4.78 is 6.57. The van der Waals surface area contributed by atoms with Gasteiger partial charge in [0.05, 0.1) is 4.92 Å². The molecule has 0 saturated carbocycles. The van der Waals surface area contributed by atoms with Crippen molar-refractivity contribution in [3.8, 4) is 5.75 Å². The van der Waals surface area contributed by atoms with Crippen LogP contribution in [-0.4, -0.2) is 4.92 Å². The largest absolute Gasteiger partial charge is 0.479 e. The van der Waals surface area contributed by atoms with Gasteiger partial charge >= 0.3 is 5.69 Å². The third kappa shape index (κ3) is 4.21. The minimum absolute atomic E-state index is 0.0514. The quantitative estimate of drug-likeness (QED) is 0.458. The van der Waals surface area contributed by atoms with E-state index in [2.05, 4.69) is 15.9 Å². The van der Waals surface area contributed by atoms with E-state index in [1.165, 1.54) is 6.07 Å². The zero-order chi connectivity index (χ0) is 16.1. The molecular weight excluding hydrogens is 370 g/mol. The van der Waals surface area contributed by atoms with Crippen molar-refractivity contribution in [2.45, 2.75) is 25.9 Å². The lowest BCUT2D eigenvalue weighted by Gasteiger charge is -2.19. The molecule has 0 spiro atoms. The highest BCUT2D eigenvalue weighted by Crippen LogP contribution is 2.35. The first-order valence-electron chi connectivity index (χ1n) is 6.87. The van der Waals surface area contributed by atoms with Crippen molar-refractivity contribution in [1.29, 1.82) is 0 Å². The molecule has 0 N–H and O–H groups in total. The van der Waals surface area contributed by atoms with Gasteiger partial charge in [0.25, 0.3) is 0 Å². The number of nitro benzene ring substituents is 1. The van der Waals surface area contributed by atoms with Crippen LogP contribution in [0, 0.1) is 10.1 Å². The zero-order valence-electron chi connectivity index (χ0n) is 12.0. The Morgan fingerprint density at radius 2 is 1.95 bits per heavy atom. The van der Waals surface area contributed by atoms with Crippen LogP contribution in [0.2, 0.25) is 5.02 Å². The number of ether oxygens (including phenoxy) is 1. The lowest BCUT2D eigenvalue weighted by Crippen LogP contribution is -2.08. The van der Waals surface area contributed by atoms with Crippen LogP contribution in [0.1, 0.15) is 31.4 Å². The summed E-state index contributed by atoms with van der Waals surface area (Å²) in [5.74, 6) is 0.265. The van der Waals surface area contributed by atoms with Crippen molar-refractivity contribution in [2.24, 2.45) is 0 Å². The molecule has 0 aliphatic heterocycles. The van der Waals surface area contributed by atoms with Crippen molar-refractivity contribution in [2.75, 3.05) is 0 Å². The second-order valence-electron chi connectivity index (χ2n) is 4.82. The third-order valence-electron chi connectivity index (χ3n) is 3.18. The molecule has 0 saturated heterocycles. The second kappa shape index (κ2) is 7.61. The summed E-state index contributed by atoms with van der Waals surface area (Å²) in [5.41, 5.74) is 0.896. The fourth-order valence-electron chi connectivity index (χ4n) is 2.12. The van der Waals surface area contributed by atoms with Crippen LogP contribution >= 0.6 is 27.5 Å². The van der Waals surface area contributed by atoms with E-state index in [0.29, 0.717) is 9.50 Å². The Labute approximate surface area is 142 Å². The van der Waals surface area contributed by atoms with E-state index in [1.54, 1.807) is 24.3 Å². The molecule has 116 valence electrons. The fraction of sp³-hybridized carbons (Fsp3) is 0.250. The topological polar surface area (TPSA) is 52.4 Å². The van der Waals surface area contributed by atoms with E-state index in [9.17, 15) is 10.1 Å². The molecule has 0 fully saturated rings. The van der Waals surface area contributed by atoms with E-state index in [0.717, 1.165) is 18.4 Å². The maximum atomic E-state index is 11.2. The van der Waals surface area contributed by atoms with Gasteiger partial charge in [0.1, 0.15) is 6.10 Å². The molecule has 1 unspecified atom stereocenters. The first kappa shape index (κ1) is 16.8. The van der Waals surface area contributed by atoms with E-state index in [4.69, 9.17) is 16.3 Å². The molecule has 6 heteroatoms. The van der Waals surface area contributed by atoms with Gasteiger partial charge in [-0.3, -0.25) is 10.1 Å². The second-order valence-corrected chi connectivity index (χ2v) is 6.17. The summed E-state index contributed by atoms with van der Waals surface area (Å²) in [6.07, 6.45) is 1.41. The van der Waals surface area contributed by atoms with E-state index >= 15 is 0 Å². The molecule has 2 rings (SSSR count).